The van der Waals surface area contributed by atoms with Crippen LogP contribution in [0.3, 0.4) is 0 Å². The Morgan fingerprint density at radius 1 is 0.857 bits per heavy atom. The molecule has 0 radical (unpaired) electrons. The predicted molar refractivity (Wildman–Crippen MR) is 115 cm³/mol. The molecule has 0 aromatic heterocycles. The molecule has 4 aliphatic carbocycles. The van der Waals surface area contributed by atoms with Crippen LogP contribution in [0.5, 0.6) is 0 Å². The maximum absolute atomic E-state index is 11.7. The van der Waals surface area contributed by atoms with Crippen molar-refractivity contribution in [2.75, 3.05) is 0 Å². The highest BCUT2D eigenvalue weighted by atomic mass is 16.5. The van der Waals surface area contributed by atoms with E-state index >= 15 is 0 Å². The second kappa shape index (κ2) is 6.48. The number of rotatable bonds is 2. The van der Waals surface area contributed by atoms with Gasteiger partial charge < -0.3 is 4.74 Å². The number of carbonyl (C=O) groups is 1. The number of carbonyl (C=O) groups excluding carboxylic acids is 1. The van der Waals surface area contributed by atoms with E-state index in [4.69, 9.17) is 4.74 Å². The Morgan fingerprint density at radius 2 is 1.54 bits per heavy atom. The molecule has 4 rings (SSSR count). The Labute approximate surface area is 173 Å². The highest BCUT2D eigenvalue weighted by molar-refractivity contribution is 5.66. The van der Waals surface area contributed by atoms with Crippen molar-refractivity contribution in [2.45, 2.75) is 112 Å². The molecule has 160 valence electrons. The van der Waals surface area contributed by atoms with E-state index in [1.807, 2.05) is 0 Å². The first kappa shape index (κ1) is 20.7. The monoisotopic (exact) mass is 388 g/mol. The van der Waals surface area contributed by atoms with E-state index in [0.29, 0.717) is 22.2 Å². The van der Waals surface area contributed by atoms with Crippen LogP contribution < -0.4 is 0 Å². The molecule has 0 amide bonds. The first-order valence-corrected chi connectivity index (χ1v) is 12.2. The summed E-state index contributed by atoms with van der Waals surface area (Å²) in [4.78, 5) is 11.7. The average molecular weight is 389 g/mol. The maximum Gasteiger partial charge on any atom is 0.302 e. The minimum atomic E-state index is -0.104. The van der Waals surface area contributed by atoms with Gasteiger partial charge in [-0.1, -0.05) is 48.0 Å². The number of esters is 1. The Balaban J connectivity index is 1.65. The Bertz CT molecular complexity index is 638. The van der Waals surface area contributed by atoms with Gasteiger partial charge in [-0.3, -0.25) is 4.79 Å². The molecule has 0 aromatic carbocycles. The number of ether oxygens (including phenoxy) is 1. The molecule has 8 atom stereocenters. The number of hydrogen-bond donors (Lipinski definition) is 0. The largest absolute Gasteiger partial charge is 0.462 e. The van der Waals surface area contributed by atoms with Crippen LogP contribution in [0.25, 0.3) is 0 Å². The van der Waals surface area contributed by atoms with Gasteiger partial charge in [-0.15, -0.1) is 0 Å². The highest BCUT2D eigenvalue weighted by Gasteiger charge is 2.67. The number of fused-ring (bicyclic) bond motifs is 5. The van der Waals surface area contributed by atoms with Gasteiger partial charge >= 0.3 is 5.97 Å². The zero-order valence-corrected chi connectivity index (χ0v) is 19.6. The van der Waals surface area contributed by atoms with Gasteiger partial charge in [0.05, 0.1) is 0 Å². The second-order valence-corrected chi connectivity index (χ2v) is 12.3. The Hall–Kier alpha value is -0.530. The summed E-state index contributed by atoms with van der Waals surface area (Å²) in [5.41, 5.74) is 1.59. The van der Waals surface area contributed by atoms with Crippen LogP contribution in [-0.2, 0) is 9.53 Å². The van der Waals surface area contributed by atoms with Crippen molar-refractivity contribution in [3.63, 3.8) is 0 Å². The third kappa shape index (κ3) is 2.54. The Morgan fingerprint density at radius 3 is 2.18 bits per heavy atom. The molecule has 8 unspecified atom stereocenters. The molecule has 4 saturated carbocycles. The minimum Gasteiger partial charge on any atom is -0.462 e. The quantitative estimate of drug-likeness (QED) is 0.475. The van der Waals surface area contributed by atoms with Crippen LogP contribution in [0, 0.1) is 45.3 Å². The van der Waals surface area contributed by atoms with Crippen LogP contribution in [0.4, 0.5) is 0 Å². The lowest BCUT2D eigenvalue weighted by Crippen LogP contribution is -2.61. The smallest absolute Gasteiger partial charge is 0.302 e. The maximum atomic E-state index is 11.7. The average Bonchev–Trinajstić information content (AvgIpc) is 2.88. The number of hydrogen-bond acceptors (Lipinski definition) is 2. The third-order valence-electron chi connectivity index (χ3n) is 11.4. The van der Waals surface area contributed by atoms with Crippen LogP contribution in [-0.4, -0.2) is 12.1 Å². The molecule has 0 aliphatic heterocycles. The lowest BCUT2D eigenvalue weighted by atomic mass is 9.38. The topological polar surface area (TPSA) is 26.3 Å². The first-order chi connectivity index (χ1) is 13.0. The molecule has 0 saturated heterocycles. The minimum absolute atomic E-state index is 0.0902. The van der Waals surface area contributed by atoms with Crippen molar-refractivity contribution in [1.82, 2.24) is 0 Å². The molecular weight excluding hydrogens is 344 g/mol. The van der Waals surface area contributed by atoms with Crippen molar-refractivity contribution in [1.29, 1.82) is 0 Å². The van der Waals surface area contributed by atoms with Crippen molar-refractivity contribution in [2.24, 2.45) is 45.3 Å². The van der Waals surface area contributed by atoms with E-state index in [-0.39, 0.29) is 17.5 Å². The second-order valence-electron chi connectivity index (χ2n) is 12.3. The SMILES string of the molecule is CCC1CCC2(C)C3CCC4C(C)(C)C(OC(C)=O)CCC4(C)C3CCC12C. The zero-order valence-electron chi connectivity index (χ0n) is 19.6. The summed E-state index contributed by atoms with van der Waals surface area (Å²) in [5, 5.41) is 0. The van der Waals surface area contributed by atoms with E-state index in [1.165, 1.54) is 51.4 Å². The molecule has 2 heteroatoms. The summed E-state index contributed by atoms with van der Waals surface area (Å²) in [6, 6.07) is 0. The Kier molecular flexibility index (Phi) is 4.80. The molecular formula is C26H44O2. The molecule has 0 bridgehead atoms. The molecule has 4 fully saturated rings. The molecule has 0 N–H and O–H groups in total. The lowest BCUT2D eigenvalue weighted by molar-refractivity contribution is -0.208. The molecule has 28 heavy (non-hydrogen) atoms. The van der Waals surface area contributed by atoms with E-state index in [9.17, 15) is 4.79 Å². The van der Waals surface area contributed by atoms with Gasteiger partial charge in [0.15, 0.2) is 0 Å². The van der Waals surface area contributed by atoms with Gasteiger partial charge in [0.25, 0.3) is 0 Å². The molecule has 0 heterocycles. The molecule has 2 nitrogen and oxygen atoms in total. The van der Waals surface area contributed by atoms with Crippen molar-refractivity contribution in [3.8, 4) is 0 Å². The fraction of sp³-hybridized carbons (Fsp3) is 0.962. The van der Waals surface area contributed by atoms with Gasteiger partial charge in [-0.2, -0.15) is 0 Å². The van der Waals surface area contributed by atoms with Gasteiger partial charge in [0, 0.05) is 12.3 Å². The molecule has 0 aromatic rings. The van der Waals surface area contributed by atoms with Crippen molar-refractivity contribution in [3.05, 3.63) is 0 Å². The summed E-state index contributed by atoms with van der Waals surface area (Å²) in [5.74, 6) is 3.26. The van der Waals surface area contributed by atoms with Crippen LogP contribution in [0.1, 0.15) is 106 Å². The van der Waals surface area contributed by atoms with E-state index in [0.717, 1.165) is 24.2 Å². The van der Waals surface area contributed by atoms with Crippen molar-refractivity contribution >= 4 is 5.97 Å². The third-order valence-corrected chi connectivity index (χ3v) is 11.4. The van der Waals surface area contributed by atoms with E-state index < -0.39 is 0 Å². The normalized spacial score (nSPS) is 52.3. The summed E-state index contributed by atoms with van der Waals surface area (Å²) < 4.78 is 5.83. The first-order valence-electron chi connectivity index (χ1n) is 12.2. The van der Waals surface area contributed by atoms with Gasteiger partial charge in [-0.25, -0.2) is 0 Å². The molecule has 4 aliphatic rings. The van der Waals surface area contributed by atoms with Crippen molar-refractivity contribution < 1.29 is 9.53 Å². The van der Waals surface area contributed by atoms with Gasteiger partial charge in [-0.05, 0) is 91.3 Å². The van der Waals surface area contributed by atoms with Gasteiger partial charge in [0.1, 0.15) is 6.10 Å². The summed E-state index contributed by atoms with van der Waals surface area (Å²) in [6.45, 7) is 16.7. The van der Waals surface area contributed by atoms with Crippen LogP contribution in [0.2, 0.25) is 0 Å². The predicted octanol–water partition coefficient (Wildman–Crippen LogP) is 7.01. The van der Waals surface area contributed by atoms with Crippen LogP contribution in [0.15, 0.2) is 0 Å². The summed E-state index contributed by atoms with van der Waals surface area (Å²) in [7, 11) is 0. The van der Waals surface area contributed by atoms with E-state index in [1.54, 1.807) is 6.92 Å². The fourth-order valence-electron chi connectivity index (χ4n) is 9.67. The van der Waals surface area contributed by atoms with Crippen LogP contribution >= 0.6 is 0 Å². The van der Waals surface area contributed by atoms with E-state index in [2.05, 4.69) is 41.5 Å². The fourth-order valence-corrected chi connectivity index (χ4v) is 9.67. The summed E-state index contributed by atoms with van der Waals surface area (Å²) in [6.07, 6.45) is 12.2. The van der Waals surface area contributed by atoms with Gasteiger partial charge in [0.2, 0.25) is 0 Å². The standard InChI is InChI=1S/C26H44O2/c1-8-18-11-15-26(7)20-9-10-21-23(3,4)22(28-17(2)27)13-14-24(21,5)19(20)12-16-25(18,26)6/h18-22H,8-16H2,1-7H3. The highest BCUT2D eigenvalue weighted by Crippen LogP contribution is 2.74. The molecule has 0 spiro atoms. The zero-order chi connectivity index (χ0) is 20.5. The summed E-state index contributed by atoms with van der Waals surface area (Å²) >= 11 is 0. The lowest BCUT2D eigenvalue weighted by Gasteiger charge is -2.67.